The molecule has 1 fully saturated rings. The van der Waals surface area contributed by atoms with E-state index in [2.05, 4.69) is 17.3 Å². The number of methoxy groups -OCH3 is 1. The molecule has 1 atom stereocenters. The summed E-state index contributed by atoms with van der Waals surface area (Å²) in [6.45, 7) is 0.871. The molecule has 2 rings (SSSR count). The molecule has 116 valence electrons. The van der Waals surface area contributed by atoms with Gasteiger partial charge in [-0.15, -0.1) is 0 Å². The third-order valence-corrected chi connectivity index (χ3v) is 4.76. The smallest absolute Gasteiger partial charge is 0.330 e. The van der Waals surface area contributed by atoms with Crippen molar-refractivity contribution in [3.05, 3.63) is 35.9 Å². The number of likely N-dealkylation sites (N-methyl/N-ethyl adjacent to an activating group) is 1. The zero-order valence-electron chi connectivity index (χ0n) is 13.3. The maximum Gasteiger partial charge on any atom is 0.330 e. The Hall–Kier alpha value is -1.39. The van der Waals surface area contributed by atoms with Crippen LogP contribution in [0.25, 0.3) is 0 Å². The van der Waals surface area contributed by atoms with Crippen LogP contribution >= 0.6 is 0 Å². The van der Waals surface area contributed by atoms with Crippen molar-refractivity contribution < 1.29 is 9.53 Å². The normalized spacial score (nSPS) is 18.1. The Morgan fingerprint density at radius 3 is 2.52 bits per heavy atom. The van der Waals surface area contributed by atoms with Crippen LogP contribution in [0.2, 0.25) is 0 Å². The molecule has 1 saturated carbocycles. The first-order chi connectivity index (χ1) is 10.1. The summed E-state index contributed by atoms with van der Waals surface area (Å²) in [5.74, 6) is -0.224. The van der Waals surface area contributed by atoms with E-state index in [-0.39, 0.29) is 5.97 Å². The molecule has 4 heteroatoms. The first-order valence-electron chi connectivity index (χ1n) is 7.67. The van der Waals surface area contributed by atoms with E-state index >= 15 is 0 Å². The number of carbonyl (C=O) groups is 1. The van der Waals surface area contributed by atoms with Crippen molar-refractivity contribution in [3.8, 4) is 0 Å². The average molecular weight is 290 g/mol. The van der Waals surface area contributed by atoms with E-state index in [9.17, 15) is 4.79 Å². The third-order valence-electron chi connectivity index (χ3n) is 4.76. The summed E-state index contributed by atoms with van der Waals surface area (Å²) in [6, 6.07) is 10.5. The number of ether oxygens (including phenoxy) is 1. The van der Waals surface area contributed by atoms with Gasteiger partial charge in [0.15, 0.2) is 0 Å². The summed E-state index contributed by atoms with van der Waals surface area (Å²) in [7, 11) is 5.42. The molecule has 1 aromatic rings. The van der Waals surface area contributed by atoms with Crippen LogP contribution < -0.4 is 5.32 Å². The highest BCUT2D eigenvalue weighted by Gasteiger charge is 2.40. The Balaban J connectivity index is 2.16. The molecular weight excluding hydrogens is 264 g/mol. The van der Waals surface area contributed by atoms with Gasteiger partial charge in [0.1, 0.15) is 5.54 Å². The molecular formula is C17H26N2O2. The molecule has 1 N–H and O–H groups in total. The molecule has 0 saturated heterocycles. The Kier molecular flexibility index (Phi) is 5.37. The van der Waals surface area contributed by atoms with E-state index in [0.717, 1.165) is 12.1 Å². The van der Waals surface area contributed by atoms with Crippen LogP contribution in [0.15, 0.2) is 30.3 Å². The molecule has 0 spiro atoms. The lowest BCUT2D eigenvalue weighted by Gasteiger charge is -2.38. The number of benzene rings is 1. The van der Waals surface area contributed by atoms with Gasteiger partial charge in [0.05, 0.1) is 7.11 Å². The molecule has 0 aromatic heterocycles. The highest BCUT2D eigenvalue weighted by molar-refractivity contribution is 5.82. The molecule has 1 unspecified atom stereocenters. The molecule has 0 heterocycles. The van der Waals surface area contributed by atoms with Gasteiger partial charge in [-0.1, -0.05) is 36.8 Å². The molecule has 21 heavy (non-hydrogen) atoms. The van der Waals surface area contributed by atoms with E-state index in [1.165, 1.54) is 26.4 Å². The van der Waals surface area contributed by atoms with Gasteiger partial charge in [0.2, 0.25) is 0 Å². The van der Waals surface area contributed by atoms with E-state index in [1.54, 1.807) is 0 Å². The number of rotatable bonds is 7. The van der Waals surface area contributed by atoms with Gasteiger partial charge in [0, 0.05) is 12.6 Å². The summed E-state index contributed by atoms with van der Waals surface area (Å²) in [5, 5.41) is 3.21. The highest BCUT2D eigenvalue weighted by Crippen LogP contribution is 2.29. The van der Waals surface area contributed by atoms with Gasteiger partial charge in [0.25, 0.3) is 0 Å². The first-order valence-corrected chi connectivity index (χ1v) is 7.67. The van der Waals surface area contributed by atoms with Crippen molar-refractivity contribution in [2.45, 2.75) is 37.3 Å². The van der Waals surface area contributed by atoms with Gasteiger partial charge in [-0.25, -0.2) is 4.79 Å². The van der Waals surface area contributed by atoms with Crippen LogP contribution in [0.1, 0.15) is 31.2 Å². The Bertz CT molecular complexity index is 459. The number of hydrogen-bond acceptors (Lipinski definition) is 4. The van der Waals surface area contributed by atoms with Crippen LogP contribution in [0.3, 0.4) is 0 Å². The van der Waals surface area contributed by atoms with Gasteiger partial charge in [-0.05, 0) is 38.9 Å². The van der Waals surface area contributed by atoms with E-state index in [1.807, 2.05) is 37.4 Å². The maximum atomic E-state index is 12.4. The summed E-state index contributed by atoms with van der Waals surface area (Å²) in [5.41, 5.74) is 0.190. The minimum atomic E-state index is -0.770. The Morgan fingerprint density at radius 1 is 1.38 bits per heavy atom. The summed E-state index contributed by atoms with van der Waals surface area (Å²) >= 11 is 0. The number of nitrogens with zero attached hydrogens (tertiary/aromatic N) is 1. The lowest BCUT2D eigenvalue weighted by atomic mass is 9.85. The molecule has 0 aliphatic heterocycles. The fourth-order valence-electron chi connectivity index (χ4n) is 2.99. The van der Waals surface area contributed by atoms with Crippen molar-refractivity contribution >= 4 is 5.97 Å². The zero-order valence-corrected chi connectivity index (χ0v) is 13.3. The molecule has 0 bridgehead atoms. The zero-order chi connectivity index (χ0) is 15.3. The minimum absolute atomic E-state index is 0.224. The Morgan fingerprint density at radius 2 is 2.05 bits per heavy atom. The minimum Gasteiger partial charge on any atom is -0.467 e. The molecule has 4 nitrogen and oxygen atoms in total. The topological polar surface area (TPSA) is 41.6 Å². The van der Waals surface area contributed by atoms with Gasteiger partial charge in [-0.2, -0.15) is 0 Å². The van der Waals surface area contributed by atoms with Crippen LogP contribution in [0.5, 0.6) is 0 Å². The van der Waals surface area contributed by atoms with Crippen molar-refractivity contribution in [2.75, 3.05) is 27.7 Å². The second kappa shape index (κ2) is 7.05. The first kappa shape index (κ1) is 16.0. The third kappa shape index (κ3) is 3.27. The van der Waals surface area contributed by atoms with E-state index in [0.29, 0.717) is 12.5 Å². The van der Waals surface area contributed by atoms with Crippen molar-refractivity contribution in [3.63, 3.8) is 0 Å². The van der Waals surface area contributed by atoms with Crippen LogP contribution in [0, 0.1) is 0 Å². The van der Waals surface area contributed by atoms with Crippen molar-refractivity contribution in [1.29, 1.82) is 0 Å². The molecule has 1 aliphatic rings. The van der Waals surface area contributed by atoms with E-state index < -0.39 is 5.54 Å². The van der Waals surface area contributed by atoms with Gasteiger partial charge >= 0.3 is 5.97 Å². The predicted octanol–water partition coefficient (Wildman–Crippen LogP) is 2.15. The second-order valence-corrected chi connectivity index (χ2v) is 5.83. The largest absolute Gasteiger partial charge is 0.467 e. The van der Waals surface area contributed by atoms with Crippen LogP contribution in [-0.2, 0) is 15.1 Å². The Labute approximate surface area is 127 Å². The second-order valence-electron chi connectivity index (χ2n) is 5.83. The van der Waals surface area contributed by atoms with Crippen molar-refractivity contribution in [2.24, 2.45) is 0 Å². The van der Waals surface area contributed by atoms with Gasteiger partial charge in [-0.3, -0.25) is 0 Å². The number of nitrogens with one attached hydrogen (secondary N) is 1. The number of hydrogen-bond donors (Lipinski definition) is 1. The average Bonchev–Trinajstić information content (AvgIpc) is 2.47. The van der Waals surface area contributed by atoms with Crippen LogP contribution in [-0.4, -0.2) is 44.7 Å². The lowest BCUT2D eigenvalue weighted by molar-refractivity contribution is -0.149. The fraction of sp³-hybridized carbons (Fsp3) is 0.588. The van der Waals surface area contributed by atoms with Crippen molar-refractivity contribution in [1.82, 2.24) is 10.2 Å². The molecule has 0 amide bonds. The standard InChI is InChI=1S/C17H26N2O2/c1-18-17(16(20)21-3,14-8-5-4-6-9-14)12-13-19(2)15-10-7-11-15/h4-6,8-9,15,18H,7,10-13H2,1-3H3. The number of carbonyl (C=O) groups excluding carboxylic acids is 1. The molecule has 1 aliphatic carbocycles. The number of esters is 1. The highest BCUT2D eigenvalue weighted by atomic mass is 16.5. The summed E-state index contributed by atoms with van der Waals surface area (Å²) < 4.78 is 5.07. The predicted molar refractivity (Wildman–Crippen MR) is 84.1 cm³/mol. The van der Waals surface area contributed by atoms with E-state index in [4.69, 9.17) is 4.74 Å². The SMILES string of the molecule is CNC(CCN(C)C1CCC1)(C(=O)OC)c1ccccc1. The molecule has 1 aromatic carbocycles. The van der Waals surface area contributed by atoms with Crippen LogP contribution in [0.4, 0.5) is 0 Å². The van der Waals surface area contributed by atoms with Gasteiger partial charge < -0.3 is 15.0 Å². The quantitative estimate of drug-likeness (QED) is 0.781. The fourth-order valence-corrected chi connectivity index (χ4v) is 2.99. The maximum absolute atomic E-state index is 12.4. The summed E-state index contributed by atoms with van der Waals surface area (Å²) in [4.78, 5) is 14.8. The lowest BCUT2D eigenvalue weighted by Crippen LogP contribution is -2.51. The molecule has 0 radical (unpaired) electrons. The summed E-state index contributed by atoms with van der Waals surface area (Å²) in [6.07, 6.45) is 4.56. The monoisotopic (exact) mass is 290 g/mol.